The lowest BCUT2D eigenvalue weighted by Crippen LogP contribution is -2.37. The minimum atomic E-state index is -1.16. The van der Waals surface area contributed by atoms with E-state index in [9.17, 15) is 14.4 Å². The largest absolute Gasteiger partial charge is 0.478 e. The Bertz CT molecular complexity index is 352. The maximum Gasteiger partial charge on any atom is 0.328 e. The van der Waals surface area contributed by atoms with Gasteiger partial charge in [-0.3, -0.25) is 9.59 Å². The summed E-state index contributed by atoms with van der Waals surface area (Å²) in [5.74, 6) is -1.49. The predicted molar refractivity (Wildman–Crippen MR) is 64.8 cm³/mol. The van der Waals surface area contributed by atoms with Crippen LogP contribution in [0.5, 0.6) is 0 Å². The van der Waals surface area contributed by atoms with E-state index in [0.717, 1.165) is 38.0 Å². The number of carboxylic acid groups (broad SMARTS) is 1. The summed E-state index contributed by atoms with van der Waals surface area (Å²) in [6.45, 7) is 1.56. The average molecular weight is 254 g/mol. The van der Waals surface area contributed by atoms with Gasteiger partial charge in [-0.25, -0.2) is 4.79 Å². The summed E-state index contributed by atoms with van der Waals surface area (Å²) < 4.78 is 0. The number of carbonyl (C=O) groups is 3. The van der Waals surface area contributed by atoms with E-state index < -0.39 is 11.9 Å². The first-order chi connectivity index (χ1) is 8.59. The zero-order valence-corrected chi connectivity index (χ0v) is 10.2. The van der Waals surface area contributed by atoms with E-state index in [1.165, 1.54) is 0 Å². The van der Waals surface area contributed by atoms with Gasteiger partial charge in [0.1, 0.15) is 0 Å². The molecule has 0 saturated carbocycles. The van der Waals surface area contributed by atoms with Gasteiger partial charge in [-0.15, -0.1) is 0 Å². The van der Waals surface area contributed by atoms with Crippen LogP contribution in [0.1, 0.15) is 25.7 Å². The van der Waals surface area contributed by atoms with Gasteiger partial charge in [0, 0.05) is 38.2 Å². The third kappa shape index (κ3) is 5.47. The molecule has 1 aliphatic heterocycles. The minimum absolute atomic E-state index is 0.128. The van der Waals surface area contributed by atoms with Crippen LogP contribution in [0.2, 0.25) is 0 Å². The van der Waals surface area contributed by atoms with Crippen molar-refractivity contribution in [1.82, 2.24) is 10.2 Å². The van der Waals surface area contributed by atoms with E-state index >= 15 is 0 Å². The van der Waals surface area contributed by atoms with Gasteiger partial charge >= 0.3 is 5.97 Å². The molecule has 1 fully saturated rings. The van der Waals surface area contributed by atoms with Crippen LogP contribution in [0.3, 0.4) is 0 Å². The number of aliphatic carboxylic acids is 1. The standard InChI is InChI=1S/C12H18N2O4/c15-10(5-6-12(17)18)13-7-9-14-8-3-1-2-4-11(14)16/h5-6H,1-4,7-9H2,(H,13,15)(H,17,18)/b6-5-. The Kier molecular flexibility index (Phi) is 5.90. The number of hydrogen-bond donors (Lipinski definition) is 2. The van der Waals surface area contributed by atoms with Crippen LogP contribution < -0.4 is 5.32 Å². The van der Waals surface area contributed by atoms with Crippen molar-refractivity contribution in [2.75, 3.05) is 19.6 Å². The van der Waals surface area contributed by atoms with Crippen LogP contribution in [-0.4, -0.2) is 47.4 Å². The van der Waals surface area contributed by atoms with Gasteiger partial charge in [-0.2, -0.15) is 0 Å². The molecule has 0 aromatic rings. The Balaban J connectivity index is 2.25. The first-order valence-corrected chi connectivity index (χ1v) is 6.06. The van der Waals surface area contributed by atoms with Crippen molar-refractivity contribution < 1.29 is 19.5 Å². The van der Waals surface area contributed by atoms with Crippen molar-refractivity contribution in [1.29, 1.82) is 0 Å². The summed E-state index contributed by atoms with van der Waals surface area (Å²) in [6, 6.07) is 0. The lowest BCUT2D eigenvalue weighted by Gasteiger charge is -2.20. The van der Waals surface area contributed by atoms with Crippen molar-refractivity contribution in [3.63, 3.8) is 0 Å². The molecule has 1 heterocycles. The summed E-state index contributed by atoms with van der Waals surface area (Å²) >= 11 is 0. The highest BCUT2D eigenvalue weighted by Gasteiger charge is 2.15. The Morgan fingerprint density at radius 2 is 2.06 bits per heavy atom. The number of amides is 2. The molecule has 0 unspecified atom stereocenters. The highest BCUT2D eigenvalue weighted by molar-refractivity contribution is 5.93. The second kappa shape index (κ2) is 7.47. The molecule has 0 aromatic heterocycles. The predicted octanol–water partition coefficient (Wildman–Crippen LogP) is 0.146. The van der Waals surface area contributed by atoms with E-state index in [1.807, 2.05) is 0 Å². The zero-order valence-electron chi connectivity index (χ0n) is 10.2. The van der Waals surface area contributed by atoms with Crippen LogP contribution >= 0.6 is 0 Å². The molecule has 100 valence electrons. The molecule has 1 aliphatic rings. The van der Waals surface area contributed by atoms with E-state index in [4.69, 9.17) is 5.11 Å². The van der Waals surface area contributed by atoms with E-state index in [0.29, 0.717) is 19.5 Å². The minimum Gasteiger partial charge on any atom is -0.478 e. The molecule has 1 saturated heterocycles. The van der Waals surface area contributed by atoms with Gasteiger partial charge < -0.3 is 15.3 Å². The van der Waals surface area contributed by atoms with Gasteiger partial charge in [-0.1, -0.05) is 6.42 Å². The molecular weight excluding hydrogens is 236 g/mol. The molecule has 2 N–H and O–H groups in total. The molecule has 6 nitrogen and oxygen atoms in total. The fraction of sp³-hybridized carbons (Fsp3) is 0.583. The third-order valence-electron chi connectivity index (χ3n) is 2.73. The van der Waals surface area contributed by atoms with Crippen molar-refractivity contribution >= 4 is 17.8 Å². The fourth-order valence-corrected chi connectivity index (χ4v) is 1.79. The van der Waals surface area contributed by atoms with Crippen molar-refractivity contribution in [3.8, 4) is 0 Å². The number of hydrogen-bond acceptors (Lipinski definition) is 3. The molecule has 0 atom stereocenters. The number of nitrogens with one attached hydrogen (secondary N) is 1. The SMILES string of the molecule is O=C(O)/C=C\C(=O)NCCN1CCCCCC1=O. The summed E-state index contributed by atoms with van der Waals surface area (Å²) in [5.41, 5.74) is 0. The molecule has 2 amide bonds. The molecule has 18 heavy (non-hydrogen) atoms. The summed E-state index contributed by atoms with van der Waals surface area (Å²) in [5, 5.41) is 10.9. The molecule has 0 radical (unpaired) electrons. The van der Waals surface area contributed by atoms with E-state index in [1.54, 1.807) is 4.90 Å². The first kappa shape index (κ1) is 14.2. The highest BCUT2D eigenvalue weighted by atomic mass is 16.4. The molecule has 6 heteroatoms. The van der Waals surface area contributed by atoms with Crippen molar-refractivity contribution in [2.24, 2.45) is 0 Å². The Hall–Kier alpha value is -1.85. The highest BCUT2D eigenvalue weighted by Crippen LogP contribution is 2.10. The average Bonchev–Trinajstić information content (AvgIpc) is 2.52. The number of nitrogens with zero attached hydrogens (tertiary/aromatic N) is 1. The van der Waals surface area contributed by atoms with Crippen LogP contribution in [0.15, 0.2) is 12.2 Å². The van der Waals surface area contributed by atoms with Crippen LogP contribution in [-0.2, 0) is 14.4 Å². The number of carbonyl (C=O) groups excluding carboxylic acids is 2. The van der Waals surface area contributed by atoms with Gasteiger partial charge in [0.05, 0.1) is 0 Å². The van der Waals surface area contributed by atoms with Crippen molar-refractivity contribution in [3.05, 3.63) is 12.2 Å². The van der Waals surface area contributed by atoms with E-state index in [2.05, 4.69) is 5.32 Å². The molecule has 1 rings (SSSR count). The summed E-state index contributed by atoms with van der Waals surface area (Å²) in [6.07, 6.45) is 5.32. The maximum absolute atomic E-state index is 11.6. The number of carboxylic acids is 1. The normalized spacial score (nSPS) is 16.7. The van der Waals surface area contributed by atoms with Gasteiger partial charge in [-0.05, 0) is 12.8 Å². The maximum atomic E-state index is 11.6. The van der Waals surface area contributed by atoms with Crippen molar-refractivity contribution in [2.45, 2.75) is 25.7 Å². The Labute approximate surface area is 106 Å². The number of likely N-dealkylation sites (tertiary alicyclic amines) is 1. The lowest BCUT2D eigenvalue weighted by atomic mass is 10.2. The second-order valence-electron chi connectivity index (χ2n) is 4.15. The quantitative estimate of drug-likeness (QED) is 0.683. The molecule has 0 spiro atoms. The monoisotopic (exact) mass is 254 g/mol. The Morgan fingerprint density at radius 1 is 1.28 bits per heavy atom. The molecule has 0 aliphatic carbocycles. The molecule has 0 aromatic carbocycles. The zero-order chi connectivity index (χ0) is 13.4. The lowest BCUT2D eigenvalue weighted by molar-refractivity contribution is -0.132. The third-order valence-corrected chi connectivity index (χ3v) is 2.73. The molecular formula is C12H18N2O4. The van der Waals surface area contributed by atoms with E-state index in [-0.39, 0.29) is 5.91 Å². The number of rotatable bonds is 5. The second-order valence-corrected chi connectivity index (χ2v) is 4.15. The molecule has 0 bridgehead atoms. The summed E-state index contributed by atoms with van der Waals surface area (Å²) in [4.78, 5) is 34.7. The van der Waals surface area contributed by atoms with Gasteiger partial charge in [0.15, 0.2) is 0 Å². The van der Waals surface area contributed by atoms with Gasteiger partial charge in [0.2, 0.25) is 11.8 Å². The first-order valence-electron chi connectivity index (χ1n) is 6.06. The fourth-order valence-electron chi connectivity index (χ4n) is 1.79. The van der Waals surface area contributed by atoms with Gasteiger partial charge in [0.25, 0.3) is 0 Å². The van der Waals surface area contributed by atoms with Crippen LogP contribution in [0.25, 0.3) is 0 Å². The summed E-state index contributed by atoms with van der Waals surface area (Å²) in [7, 11) is 0. The topological polar surface area (TPSA) is 86.7 Å². The van der Waals surface area contributed by atoms with Crippen LogP contribution in [0, 0.1) is 0 Å². The smallest absolute Gasteiger partial charge is 0.328 e. The van der Waals surface area contributed by atoms with Crippen LogP contribution in [0.4, 0.5) is 0 Å². The Morgan fingerprint density at radius 3 is 2.78 bits per heavy atom.